The van der Waals surface area contributed by atoms with Gasteiger partial charge in [-0.1, -0.05) is 6.07 Å². The molecule has 1 aliphatic rings. The molecule has 1 saturated heterocycles. The second-order valence-electron chi connectivity index (χ2n) is 6.07. The summed E-state index contributed by atoms with van der Waals surface area (Å²) in [4.78, 5) is 25.0. The van der Waals surface area contributed by atoms with Gasteiger partial charge in [-0.25, -0.2) is 8.78 Å². The summed E-state index contributed by atoms with van der Waals surface area (Å²) in [6.45, 7) is 3.46. The highest BCUT2D eigenvalue weighted by Gasteiger charge is 2.32. The predicted octanol–water partition coefficient (Wildman–Crippen LogP) is 1.16. The van der Waals surface area contributed by atoms with Crippen LogP contribution in [-0.4, -0.2) is 41.5 Å². The zero-order chi connectivity index (χ0) is 17.2. The van der Waals surface area contributed by atoms with Crippen LogP contribution in [0.2, 0.25) is 0 Å². The monoisotopic (exact) mass is 326 g/mol. The minimum atomic E-state index is -1.66. The van der Waals surface area contributed by atoms with Crippen LogP contribution in [0.1, 0.15) is 25.8 Å². The van der Waals surface area contributed by atoms with E-state index in [1.165, 1.54) is 13.8 Å². The quantitative estimate of drug-likeness (QED) is 0.872. The molecular weight excluding hydrogens is 306 g/mol. The predicted molar refractivity (Wildman–Crippen MR) is 79.3 cm³/mol. The van der Waals surface area contributed by atoms with E-state index in [4.69, 9.17) is 0 Å². The number of carbonyl (C=O) groups is 2. The maximum absolute atomic E-state index is 13.8. The van der Waals surface area contributed by atoms with Crippen LogP contribution in [0.25, 0.3) is 0 Å². The third-order valence-electron chi connectivity index (χ3n) is 4.12. The number of amides is 2. The highest BCUT2D eigenvalue weighted by molar-refractivity contribution is 5.81. The van der Waals surface area contributed by atoms with Crippen LogP contribution >= 0.6 is 0 Å². The van der Waals surface area contributed by atoms with Gasteiger partial charge in [-0.05, 0) is 19.4 Å². The molecular formula is C16H20F2N2O3. The van der Waals surface area contributed by atoms with Crippen LogP contribution in [0.3, 0.4) is 0 Å². The summed E-state index contributed by atoms with van der Waals surface area (Å²) in [5.41, 5.74) is -1.75. The molecule has 23 heavy (non-hydrogen) atoms. The molecule has 2 atom stereocenters. The molecule has 126 valence electrons. The minimum absolute atomic E-state index is 0.0827. The van der Waals surface area contributed by atoms with Gasteiger partial charge >= 0.3 is 0 Å². The smallest absolute Gasteiger partial charge is 0.225 e. The average Bonchev–Trinajstić information content (AvgIpc) is 2.94. The van der Waals surface area contributed by atoms with E-state index in [9.17, 15) is 23.5 Å². The zero-order valence-corrected chi connectivity index (χ0v) is 13.1. The Labute approximate surface area is 133 Å². The molecule has 0 bridgehead atoms. The van der Waals surface area contributed by atoms with Crippen LogP contribution in [0, 0.1) is 17.6 Å². The molecule has 0 aromatic heterocycles. The Balaban J connectivity index is 1.96. The van der Waals surface area contributed by atoms with Crippen LogP contribution in [0.5, 0.6) is 0 Å². The summed E-state index contributed by atoms with van der Waals surface area (Å²) >= 11 is 0. The minimum Gasteiger partial charge on any atom is -0.383 e. The first kappa shape index (κ1) is 17.3. The van der Waals surface area contributed by atoms with Gasteiger partial charge in [0.2, 0.25) is 11.8 Å². The molecule has 7 heteroatoms. The number of halogens is 2. The van der Waals surface area contributed by atoms with Crippen molar-refractivity contribution < 1.29 is 23.5 Å². The summed E-state index contributed by atoms with van der Waals surface area (Å²) in [5.74, 6) is -2.32. The molecule has 2 rings (SSSR count). The molecule has 1 aromatic carbocycles. The normalized spacial score (nSPS) is 20.2. The van der Waals surface area contributed by atoms with E-state index < -0.39 is 17.2 Å². The highest BCUT2D eigenvalue weighted by Crippen LogP contribution is 2.24. The van der Waals surface area contributed by atoms with Gasteiger partial charge in [0.1, 0.15) is 17.2 Å². The summed E-state index contributed by atoms with van der Waals surface area (Å²) in [7, 11) is 0. The largest absolute Gasteiger partial charge is 0.383 e. The van der Waals surface area contributed by atoms with Gasteiger partial charge in [0, 0.05) is 31.6 Å². The second kappa shape index (κ2) is 6.62. The molecule has 0 aliphatic carbocycles. The lowest BCUT2D eigenvalue weighted by Gasteiger charge is -2.25. The Morgan fingerprint density at radius 3 is 2.70 bits per heavy atom. The van der Waals surface area contributed by atoms with E-state index >= 15 is 0 Å². The molecule has 0 spiro atoms. The van der Waals surface area contributed by atoms with Gasteiger partial charge in [-0.2, -0.15) is 0 Å². The van der Waals surface area contributed by atoms with Crippen LogP contribution in [0.4, 0.5) is 8.78 Å². The van der Waals surface area contributed by atoms with Crippen molar-refractivity contribution in [3.05, 3.63) is 35.4 Å². The summed E-state index contributed by atoms with van der Waals surface area (Å²) in [6, 6.07) is 2.90. The topological polar surface area (TPSA) is 69.6 Å². The SMILES string of the molecule is CC(=O)N1CCC(C(=O)NCC(C)(O)c2ccc(F)cc2F)C1. The summed E-state index contributed by atoms with van der Waals surface area (Å²) in [6.07, 6.45) is 0.554. The van der Waals surface area contributed by atoms with Crippen LogP contribution < -0.4 is 5.32 Å². The summed E-state index contributed by atoms with van der Waals surface area (Å²) < 4.78 is 26.7. The standard InChI is InChI=1S/C16H20F2N2O3/c1-10(21)20-6-5-11(8-20)15(22)19-9-16(2,23)13-4-3-12(17)7-14(13)18/h3-4,7,11,23H,5-6,8-9H2,1-2H3,(H,19,22). The van der Waals surface area contributed by atoms with Gasteiger partial charge in [0.25, 0.3) is 0 Å². The average molecular weight is 326 g/mol. The number of hydrogen-bond acceptors (Lipinski definition) is 3. The third-order valence-corrected chi connectivity index (χ3v) is 4.12. The number of nitrogens with one attached hydrogen (secondary N) is 1. The second-order valence-corrected chi connectivity index (χ2v) is 6.07. The maximum atomic E-state index is 13.8. The molecule has 0 radical (unpaired) electrons. The number of likely N-dealkylation sites (tertiary alicyclic amines) is 1. The highest BCUT2D eigenvalue weighted by atomic mass is 19.1. The van der Waals surface area contributed by atoms with Crippen molar-refractivity contribution in [1.29, 1.82) is 0 Å². The fourth-order valence-electron chi connectivity index (χ4n) is 2.69. The number of hydrogen-bond donors (Lipinski definition) is 2. The van der Waals surface area contributed by atoms with Crippen molar-refractivity contribution in [3.63, 3.8) is 0 Å². The number of carbonyl (C=O) groups excluding carboxylic acids is 2. The molecule has 2 unspecified atom stereocenters. The van der Waals surface area contributed by atoms with Gasteiger partial charge in [0.05, 0.1) is 12.5 Å². The maximum Gasteiger partial charge on any atom is 0.225 e. The van der Waals surface area contributed by atoms with E-state index in [0.29, 0.717) is 25.6 Å². The fraction of sp³-hybridized carbons (Fsp3) is 0.500. The molecule has 1 aromatic rings. The van der Waals surface area contributed by atoms with Crippen molar-refractivity contribution in [2.24, 2.45) is 5.92 Å². The molecule has 0 saturated carbocycles. The van der Waals surface area contributed by atoms with E-state index in [1.807, 2.05) is 0 Å². The zero-order valence-electron chi connectivity index (χ0n) is 13.1. The lowest BCUT2D eigenvalue weighted by Crippen LogP contribution is -2.42. The van der Waals surface area contributed by atoms with Gasteiger partial charge in [-0.15, -0.1) is 0 Å². The Bertz CT molecular complexity index is 619. The Kier molecular flexibility index (Phi) is 4.99. The van der Waals surface area contributed by atoms with Gasteiger partial charge < -0.3 is 15.3 Å². The van der Waals surface area contributed by atoms with E-state index in [0.717, 1.165) is 12.1 Å². The lowest BCUT2D eigenvalue weighted by atomic mass is 9.95. The van der Waals surface area contributed by atoms with Crippen molar-refractivity contribution in [1.82, 2.24) is 10.2 Å². The number of aliphatic hydroxyl groups is 1. The van der Waals surface area contributed by atoms with E-state index in [2.05, 4.69) is 5.32 Å². The number of benzene rings is 1. The van der Waals surface area contributed by atoms with Crippen molar-refractivity contribution in [2.45, 2.75) is 25.9 Å². The van der Waals surface area contributed by atoms with Crippen LogP contribution in [0.15, 0.2) is 18.2 Å². The Morgan fingerprint density at radius 2 is 2.13 bits per heavy atom. The molecule has 1 aliphatic heterocycles. The van der Waals surface area contributed by atoms with Crippen molar-refractivity contribution >= 4 is 11.8 Å². The van der Waals surface area contributed by atoms with Gasteiger partial charge in [0.15, 0.2) is 0 Å². The summed E-state index contributed by atoms with van der Waals surface area (Å²) in [5, 5.41) is 12.9. The third kappa shape index (κ3) is 4.04. The number of nitrogens with zero attached hydrogens (tertiary/aromatic N) is 1. The van der Waals surface area contributed by atoms with Gasteiger partial charge in [-0.3, -0.25) is 9.59 Å². The van der Waals surface area contributed by atoms with E-state index in [-0.39, 0.29) is 29.8 Å². The Morgan fingerprint density at radius 1 is 1.43 bits per heavy atom. The molecule has 5 nitrogen and oxygen atoms in total. The first-order chi connectivity index (χ1) is 10.7. The molecule has 2 amide bonds. The first-order valence-corrected chi connectivity index (χ1v) is 7.42. The lowest BCUT2D eigenvalue weighted by molar-refractivity contribution is -0.129. The van der Waals surface area contributed by atoms with Crippen LogP contribution in [-0.2, 0) is 15.2 Å². The first-order valence-electron chi connectivity index (χ1n) is 7.42. The molecule has 2 N–H and O–H groups in total. The van der Waals surface area contributed by atoms with E-state index in [1.54, 1.807) is 4.90 Å². The molecule has 1 fully saturated rings. The van der Waals surface area contributed by atoms with Crippen molar-refractivity contribution in [2.75, 3.05) is 19.6 Å². The Hall–Kier alpha value is -2.02. The number of rotatable bonds is 4. The fourth-order valence-corrected chi connectivity index (χ4v) is 2.69. The molecule has 1 heterocycles. The van der Waals surface area contributed by atoms with Crippen molar-refractivity contribution in [3.8, 4) is 0 Å².